The first-order valence-electron chi connectivity index (χ1n) is 10.2. The highest BCUT2D eigenvalue weighted by Gasteiger charge is 2.20. The van der Waals surface area contributed by atoms with E-state index in [9.17, 15) is 18.0 Å². The SMILES string of the molecule is CNS(=O)(=O)c1cccc(CCCC(CCc2ccccc2)C(=O)OCOC(C)=O)c1. The molecule has 0 radical (unpaired) electrons. The molecule has 1 atom stereocenters. The topological polar surface area (TPSA) is 98.8 Å². The van der Waals surface area contributed by atoms with Crippen molar-refractivity contribution in [3.05, 3.63) is 65.7 Å². The molecule has 0 amide bonds. The summed E-state index contributed by atoms with van der Waals surface area (Å²) < 4.78 is 36.1. The Hall–Kier alpha value is -2.71. The highest BCUT2D eigenvalue weighted by Crippen LogP contribution is 2.20. The van der Waals surface area contributed by atoms with Gasteiger partial charge in [0.15, 0.2) is 0 Å². The molecule has 0 saturated carbocycles. The molecule has 0 bridgehead atoms. The van der Waals surface area contributed by atoms with E-state index < -0.39 is 22.0 Å². The zero-order chi connectivity index (χ0) is 22.7. The van der Waals surface area contributed by atoms with Crippen molar-refractivity contribution in [1.29, 1.82) is 0 Å². The van der Waals surface area contributed by atoms with Gasteiger partial charge in [0.05, 0.1) is 10.8 Å². The fourth-order valence-corrected chi connectivity index (χ4v) is 3.99. The number of nitrogens with one attached hydrogen (secondary N) is 1. The van der Waals surface area contributed by atoms with Crippen molar-refractivity contribution in [3.63, 3.8) is 0 Å². The van der Waals surface area contributed by atoms with Crippen LogP contribution in [0.2, 0.25) is 0 Å². The molecule has 2 aromatic rings. The van der Waals surface area contributed by atoms with Crippen molar-refractivity contribution in [1.82, 2.24) is 4.72 Å². The largest absolute Gasteiger partial charge is 0.428 e. The Morgan fingerprint density at radius 3 is 2.32 bits per heavy atom. The molecule has 8 heteroatoms. The van der Waals surface area contributed by atoms with Crippen molar-refractivity contribution >= 4 is 22.0 Å². The van der Waals surface area contributed by atoms with Crippen LogP contribution in [0.5, 0.6) is 0 Å². The molecular weight excluding hydrogens is 418 g/mol. The van der Waals surface area contributed by atoms with Gasteiger partial charge in [-0.3, -0.25) is 9.59 Å². The minimum Gasteiger partial charge on any atom is -0.428 e. The molecule has 0 aliphatic heterocycles. The number of rotatable bonds is 12. The number of carbonyl (C=O) groups excluding carboxylic acids is 2. The van der Waals surface area contributed by atoms with Crippen molar-refractivity contribution in [3.8, 4) is 0 Å². The van der Waals surface area contributed by atoms with Crippen LogP contribution in [0.25, 0.3) is 0 Å². The molecular formula is C23H29NO6S. The first-order valence-corrected chi connectivity index (χ1v) is 11.7. The van der Waals surface area contributed by atoms with Gasteiger partial charge in [0.2, 0.25) is 16.8 Å². The number of hydrogen-bond acceptors (Lipinski definition) is 6. The lowest BCUT2D eigenvalue weighted by Crippen LogP contribution is -2.21. The van der Waals surface area contributed by atoms with E-state index in [0.29, 0.717) is 25.7 Å². The molecule has 0 aliphatic carbocycles. The zero-order valence-corrected chi connectivity index (χ0v) is 18.7. The molecule has 1 unspecified atom stereocenters. The van der Waals surface area contributed by atoms with Gasteiger partial charge >= 0.3 is 11.9 Å². The van der Waals surface area contributed by atoms with Gasteiger partial charge in [-0.1, -0.05) is 42.5 Å². The van der Waals surface area contributed by atoms with Gasteiger partial charge in [-0.2, -0.15) is 0 Å². The Morgan fingerprint density at radius 2 is 1.65 bits per heavy atom. The average Bonchev–Trinajstić information content (AvgIpc) is 2.76. The Kier molecular flexibility index (Phi) is 9.68. The average molecular weight is 448 g/mol. The van der Waals surface area contributed by atoms with Gasteiger partial charge in [-0.15, -0.1) is 0 Å². The number of carbonyl (C=O) groups is 2. The number of esters is 2. The lowest BCUT2D eigenvalue weighted by atomic mass is 9.93. The fourth-order valence-electron chi connectivity index (χ4n) is 3.19. The van der Waals surface area contributed by atoms with Crippen LogP contribution in [0, 0.1) is 5.92 Å². The van der Waals surface area contributed by atoms with Crippen LogP contribution in [0.1, 0.15) is 37.3 Å². The van der Waals surface area contributed by atoms with Gasteiger partial charge < -0.3 is 9.47 Å². The minimum absolute atomic E-state index is 0.217. The first-order chi connectivity index (χ1) is 14.8. The predicted molar refractivity (Wildman–Crippen MR) is 117 cm³/mol. The molecule has 168 valence electrons. The van der Waals surface area contributed by atoms with E-state index >= 15 is 0 Å². The molecule has 1 N–H and O–H groups in total. The van der Waals surface area contributed by atoms with Gasteiger partial charge in [0.25, 0.3) is 0 Å². The van der Waals surface area contributed by atoms with Gasteiger partial charge in [0, 0.05) is 6.92 Å². The van der Waals surface area contributed by atoms with Gasteiger partial charge in [-0.25, -0.2) is 13.1 Å². The fraction of sp³-hybridized carbons (Fsp3) is 0.391. The third kappa shape index (κ3) is 8.51. The predicted octanol–water partition coefficient (Wildman–Crippen LogP) is 3.23. The summed E-state index contributed by atoms with van der Waals surface area (Å²) in [5, 5.41) is 0. The van der Waals surface area contributed by atoms with Gasteiger partial charge in [0.1, 0.15) is 0 Å². The molecule has 0 aromatic heterocycles. The summed E-state index contributed by atoms with van der Waals surface area (Å²) in [7, 11) is -2.12. The molecule has 0 fully saturated rings. The number of aryl methyl sites for hydroxylation is 2. The van der Waals surface area contributed by atoms with Crippen LogP contribution in [0.3, 0.4) is 0 Å². The summed E-state index contributed by atoms with van der Waals surface area (Å²) in [5.41, 5.74) is 2.01. The molecule has 0 heterocycles. The van der Waals surface area contributed by atoms with E-state index in [0.717, 1.165) is 17.5 Å². The Morgan fingerprint density at radius 1 is 0.935 bits per heavy atom. The van der Waals surface area contributed by atoms with Crippen LogP contribution < -0.4 is 4.72 Å². The Bertz CT molecular complexity index is 959. The minimum atomic E-state index is -3.50. The van der Waals surface area contributed by atoms with E-state index in [4.69, 9.17) is 9.47 Å². The van der Waals surface area contributed by atoms with Crippen molar-refractivity contribution in [2.45, 2.75) is 43.9 Å². The summed E-state index contributed by atoms with van der Waals surface area (Å²) in [6.07, 6.45) is 3.23. The highest BCUT2D eigenvalue weighted by molar-refractivity contribution is 7.89. The summed E-state index contributed by atoms with van der Waals surface area (Å²) in [5.74, 6) is -1.26. The second-order valence-corrected chi connectivity index (χ2v) is 9.07. The van der Waals surface area contributed by atoms with E-state index in [1.807, 2.05) is 36.4 Å². The Labute approximate surface area is 183 Å². The smallest absolute Gasteiger partial charge is 0.311 e. The molecule has 31 heavy (non-hydrogen) atoms. The standard InChI is InChI=1S/C23H29NO6S/c1-18(25)29-17-30-23(26)21(15-14-19-8-4-3-5-9-19)12-6-10-20-11-7-13-22(16-20)31(27,28)24-2/h3-5,7-9,11,13,16,21,24H,6,10,12,14-15,17H2,1-2H3. The molecule has 2 aromatic carbocycles. The maximum absolute atomic E-state index is 12.5. The molecule has 0 spiro atoms. The lowest BCUT2D eigenvalue weighted by Gasteiger charge is -2.16. The van der Waals surface area contributed by atoms with E-state index in [1.165, 1.54) is 14.0 Å². The van der Waals surface area contributed by atoms with E-state index in [2.05, 4.69) is 4.72 Å². The quantitative estimate of drug-likeness (QED) is 0.396. The van der Waals surface area contributed by atoms with Gasteiger partial charge in [-0.05, 0) is 62.4 Å². The van der Waals surface area contributed by atoms with Crippen LogP contribution in [0.4, 0.5) is 0 Å². The number of ether oxygens (including phenoxy) is 2. The first kappa shape index (κ1) is 24.6. The second kappa shape index (κ2) is 12.2. The number of hydrogen-bond donors (Lipinski definition) is 1. The number of sulfonamides is 1. The van der Waals surface area contributed by atoms with Crippen molar-refractivity contribution in [2.75, 3.05) is 13.8 Å². The summed E-state index contributed by atoms with van der Waals surface area (Å²) in [6.45, 7) is 0.864. The van der Waals surface area contributed by atoms with Crippen LogP contribution in [0.15, 0.2) is 59.5 Å². The summed E-state index contributed by atoms with van der Waals surface area (Å²) in [6, 6.07) is 16.6. The number of benzene rings is 2. The molecule has 7 nitrogen and oxygen atoms in total. The maximum Gasteiger partial charge on any atom is 0.311 e. The van der Waals surface area contributed by atoms with Crippen molar-refractivity contribution in [2.24, 2.45) is 5.92 Å². The van der Waals surface area contributed by atoms with Crippen molar-refractivity contribution < 1.29 is 27.5 Å². The van der Waals surface area contributed by atoms with E-state index in [1.54, 1.807) is 18.2 Å². The molecule has 0 saturated heterocycles. The second-order valence-electron chi connectivity index (χ2n) is 7.19. The van der Waals surface area contributed by atoms with E-state index in [-0.39, 0.29) is 17.6 Å². The van der Waals surface area contributed by atoms with Crippen LogP contribution in [-0.4, -0.2) is 34.2 Å². The third-order valence-corrected chi connectivity index (χ3v) is 6.33. The molecule has 0 aliphatic rings. The van der Waals surface area contributed by atoms with Crippen LogP contribution in [-0.2, 0) is 41.9 Å². The summed E-state index contributed by atoms with van der Waals surface area (Å²) >= 11 is 0. The summed E-state index contributed by atoms with van der Waals surface area (Å²) in [4.78, 5) is 23.6. The third-order valence-electron chi connectivity index (χ3n) is 4.92. The van der Waals surface area contributed by atoms with Crippen LogP contribution >= 0.6 is 0 Å². The Balaban J connectivity index is 1.97. The normalized spacial score (nSPS) is 12.2. The monoisotopic (exact) mass is 447 g/mol. The highest BCUT2D eigenvalue weighted by atomic mass is 32.2. The zero-order valence-electron chi connectivity index (χ0n) is 17.9. The molecule has 2 rings (SSSR count). The maximum atomic E-state index is 12.5. The lowest BCUT2D eigenvalue weighted by molar-refractivity contribution is -0.169.